The molecule has 1 aromatic carbocycles. The molecule has 1 aromatic rings. The maximum absolute atomic E-state index is 11.9. The highest BCUT2D eigenvalue weighted by molar-refractivity contribution is 5.91. The fourth-order valence-corrected chi connectivity index (χ4v) is 2.00. The molecular weight excluding hydrogens is 270 g/mol. The van der Waals surface area contributed by atoms with E-state index in [2.05, 4.69) is 5.32 Å². The Bertz CT molecular complexity index is 492. The Morgan fingerprint density at radius 3 is 2.24 bits per heavy atom. The molecule has 5 heteroatoms. The molecule has 0 unspecified atom stereocenters. The largest absolute Gasteiger partial charge is 0.491 e. The Balaban J connectivity index is 2.56. The zero-order chi connectivity index (χ0) is 16.0. The summed E-state index contributed by atoms with van der Waals surface area (Å²) in [6.07, 6.45) is 0.216. The van der Waals surface area contributed by atoms with E-state index in [1.807, 2.05) is 13.8 Å². The van der Waals surface area contributed by atoms with Gasteiger partial charge in [0.2, 0.25) is 5.91 Å². The van der Waals surface area contributed by atoms with Crippen molar-refractivity contribution < 1.29 is 19.4 Å². The first-order valence-electron chi connectivity index (χ1n) is 6.96. The van der Waals surface area contributed by atoms with Gasteiger partial charge in [-0.1, -0.05) is 13.8 Å². The summed E-state index contributed by atoms with van der Waals surface area (Å²) in [5, 5.41) is 11.6. The molecule has 0 radical (unpaired) electrons. The number of hydrogen-bond acceptors (Lipinski definition) is 3. The molecule has 116 valence electrons. The number of aliphatic carboxylic acids is 1. The van der Waals surface area contributed by atoms with Gasteiger partial charge >= 0.3 is 5.97 Å². The minimum Gasteiger partial charge on any atom is -0.491 e. The first-order valence-corrected chi connectivity index (χ1v) is 6.96. The Hall–Kier alpha value is -2.04. The van der Waals surface area contributed by atoms with Gasteiger partial charge in [0.1, 0.15) is 5.75 Å². The van der Waals surface area contributed by atoms with Crippen LogP contribution in [0.4, 0.5) is 5.69 Å². The second kappa shape index (κ2) is 7.11. The summed E-state index contributed by atoms with van der Waals surface area (Å²) < 4.78 is 5.52. The molecule has 21 heavy (non-hydrogen) atoms. The summed E-state index contributed by atoms with van der Waals surface area (Å²) in [4.78, 5) is 22.7. The highest BCUT2D eigenvalue weighted by Crippen LogP contribution is 2.26. The van der Waals surface area contributed by atoms with Crippen LogP contribution >= 0.6 is 0 Å². The SMILES string of the molecule is CC(C)Oc1ccc(NC(=O)CC(C)(C)CC(=O)O)cc1. The minimum absolute atomic E-state index is 0.0401. The zero-order valence-corrected chi connectivity index (χ0v) is 13.0. The monoisotopic (exact) mass is 293 g/mol. The van der Waals surface area contributed by atoms with E-state index in [1.54, 1.807) is 38.1 Å². The third-order valence-electron chi connectivity index (χ3n) is 2.78. The van der Waals surface area contributed by atoms with E-state index < -0.39 is 11.4 Å². The molecular formula is C16H23NO4. The summed E-state index contributed by atoms with van der Waals surface area (Å²) in [5.74, 6) is -0.351. The van der Waals surface area contributed by atoms with Crippen LogP contribution in [-0.2, 0) is 9.59 Å². The van der Waals surface area contributed by atoms with Gasteiger partial charge in [-0.05, 0) is 43.5 Å². The van der Waals surface area contributed by atoms with Gasteiger partial charge in [-0.25, -0.2) is 0 Å². The average molecular weight is 293 g/mol. The van der Waals surface area contributed by atoms with E-state index in [4.69, 9.17) is 9.84 Å². The molecule has 0 aliphatic carbocycles. The summed E-state index contributed by atoms with van der Waals surface area (Å²) in [5.41, 5.74) is 0.0959. The fraction of sp³-hybridized carbons (Fsp3) is 0.500. The Kier molecular flexibility index (Phi) is 5.76. The lowest BCUT2D eigenvalue weighted by molar-refractivity contribution is -0.139. The van der Waals surface area contributed by atoms with Crippen LogP contribution in [0.25, 0.3) is 0 Å². The Morgan fingerprint density at radius 1 is 1.19 bits per heavy atom. The second-order valence-electron chi connectivity index (χ2n) is 6.15. The standard InChI is InChI=1S/C16H23NO4/c1-11(2)21-13-7-5-12(6-8-13)17-14(18)9-16(3,4)10-15(19)20/h5-8,11H,9-10H2,1-4H3,(H,17,18)(H,19,20). The van der Waals surface area contributed by atoms with Crippen LogP contribution in [0.2, 0.25) is 0 Å². The van der Waals surface area contributed by atoms with Gasteiger partial charge in [-0.3, -0.25) is 9.59 Å². The number of hydrogen-bond donors (Lipinski definition) is 2. The molecule has 0 aliphatic heterocycles. The molecule has 5 nitrogen and oxygen atoms in total. The molecule has 0 fully saturated rings. The van der Waals surface area contributed by atoms with Crippen LogP contribution in [-0.4, -0.2) is 23.1 Å². The Morgan fingerprint density at radius 2 is 1.76 bits per heavy atom. The van der Waals surface area contributed by atoms with Crippen LogP contribution in [0.3, 0.4) is 0 Å². The van der Waals surface area contributed by atoms with Crippen molar-refractivity contribution in [2.24, 2.45) is 5.41 Å². The molecule has 0 saturated heterocycles. The summed E-state index contributed by atoms with van der Waals surface area (Å²) >= 11 is 0. The number of nitrogens with one attached hydrogen (secondary N) is 1. The van der Waals surface area contributed by atoms with Gasteiger partial charge in [-0.2, -0.15) is 0 Å². The van der Waals surface area contributed by atoms with Crippen LogP contribution in [0, 0.1) is 5.41 Å². The predicted molar refractivity (Wildman–Crippen MR) is 81.5 cm³/mol. The van der Waals surface area contributed by atoms with E-state index in [0.29, 0.717) is 5.69 Å². The lowest BCUT2D eigenvalue weighted by atomic mass is 9.85. The number of carboxylic acid groups (broad SMARTS) is 1. The highest BCUT2D eigenvalue weighted by atomic mass is 16.5. The summed E-state index contributed by atoms with van der Waals surface area (Å²) in [6, 6.07) is 7.11. The first-order chi connectivity index (χ1) is 9.68. The van der Waals surface area contributed by atoms with E-state index in [0.717, 1.165) is 5.75 Å². The third-order valence-corrected chi connectivity index (χ3v) is 2.78. The van der Waals surface area contributed by atoms with Crippen molar-refractivity contribution >= 4 is 17.6 Å². The maximum Gasteiger partial charge on any atom is 0.303 e. The molecule has 2 N–H and O–H groups in total. The van der Waals surface area contributed by atoms with Crippen molar-refractivity contribution in [2.45, 2.75) is 46.6 Å². The van der Waals surface area contributed by atoms with Gasteiger partial charge < -0.3 is 15.2 Å². The van der Waals surface area contributed by atoms with Gasteiger partial charge in [0.25, 0.3) is 0 Å². The first kappa shape index (κ1) is 17.0. The lowest BCUT2D eigenvalue weighted by Gasteiger charge is -2.21. The molecule has 0 bridgehead atoms. The minimum atomic E-state index is -0.900. The van der Waals surface area contributed by atoms with E-state index >= 15 is 0 Å². The van der Waals surface area contributed by atoms with Crippen molar-refractivity contribution in [3.05, 3.63) is 24.3 Å². The molecule has 1 rings (SSSR count). The number of ether oxygens (including phenoxy) is 1. The van der Waals surface area contributed by atoms with Crippen molar-refractivity contribution in [1.82, 2.24) is 0 Å². The van der Waals surface area contributed by atoms with Gasteiger partial charge in [0, 0.05) is 12.1 Å². The number of carbonyl (C=O) groups is 2. The normalized spacial score (nSPS) is 11.3. The van der Waals surface area contributed by atoms with Crippen LogP contribution in [0.1, 0.15) is 40.5 Å². The van der Waals surface area contributed by atoms with Gasteiger partial charge in [-0.15, -0.1) is 0 Å². The quantitative estimate of drug-likeness (QED) is 0.808. The average Bonchev–Trinajstić information content (AvgIpc) is 2.28. The van der Waals surface area contributed by atoms with Crippen molar-refractivity contribution in [3.63, 3.8) is 0 Å². The molecule has 0 spiro atoms. The number of anilines is 1. The smallest absolute Gasteiger partial charge is 0.303 e. The van der Waals surface area contributed by atoms with Crippen LogP contribution < -0.4 is 10.1 Å². The van der Waals surface area contributed by atoms with Crippen molar-refractivity contribution in [3.8, 4) is 5.75 Å². The van der Waals surface area contributed by atoms with Crippen LogP contribution in [0.5, 0.6) is 5.75 Å². The fourth-order valence-electron chi connectivity index (χ4n) is 2.00. The van der Waals surface area contributed by atoms with E-state index in [1.165, 1.54) is 0 Å². The molecule has 1 amide bonds. The molecule has 0 atom stereocenters. The van der Waals surface area contributed by atoms with Crippen molar-refractivity contribution in [1.29, 1.82) is 0 Å². The number of benzene rings is 1. The molecule has 0 aliphatic rings. The number of carboxylic acids is 1. The topological polar surface area (TPSA) is 75.6 Å². The van der Waals surface area contributed by atoms with Crippen molar-refractivity contribution in [2.75, 3.05) is 5.32 Å². The van der Waals surface area contributed by atoms with Gasteiger partial charge in [0.05, 0.1) is 12.5 Å². The number of carbonyl (C=O) groups excluding carboxylic acids is 1. The Labute approximate surface area is 125 Å². The lowest BCUT2D eigenvalue weighted by Crippen LogP contribution is -2.24. The molecule has 0 saturated carbocycles. The third kappa shape index (κ3) is 6.79. The summed E-state index contributed by atoms with van der Waals surface area (Å²) in [6.45, 7) is 7.42. The number of amides is 1. The van der Waals surface area contributed by atoms with E-state index in [-0.39, 0.29) is 24.9 Å². The van der Waals surface area contributed by atoms with Crippen LogP contribution in [0.15, 0.2) is 24.3 Å². The second-order valence-corrected chi connectivity index (χ2v) is 6.15. The summed E-state index contributed by atoms with van der Waals surface area (Å²) in [7, 11) is 0. The van der Waals surface area contributed by atoms with Gasteiger partial charge in [0.15, 0.2) is 0 Å². The number of rotatable bonds is 7. The maximum atomic E-state index is 11.9. The molecule has 0 heterocycles. The van der Waals surface area contributed by atoms with E-state index in [9.17, 15) is 9.59 Å². The highest BCUT2D eigenvalue weighted by Gasteiger charge is 2.25. The molecule has 0 aromatic heterocycles. The predicted octanol–water partition coefficient (Wildman–Crippen LogP) is 3.30. The zero-order valence-electron chi connectivity index (χ0n) is 13.0.